The standard InChI is InChI=1S/C22H25NO7S/c1-13-8-19(13)20-7-6-17(30-20)12-23(16-4-5-16)31(26,27)18-10-14(21(24)28-2)9-15(11-18)22(25)29-3/h6-7,9-11,13,16,19H,4-5,8,12H2,1-3H3. The first kappa shape index (κ1) is 21.6. The van der Waals surface area contributed by atoms with Gasteiger partial charge in [-0.2, -0.15) is 4.31 Å². The predicted octanol–water partition coefficient (Wildman–Crippen LogP) is 3.33. The van der Waals surface area contributed by atoms with Gasteiger partial charge in [-0.3, -0.25) is 0 Å². The summed E-state index contributed by atoms with van der Waals surface area (Å²) in [5.74, 6) is 0.959. The highest BCUT2D eigenvalue weighted by Crippen LogP contribution is 2.47. The van der Waals surface area contributed by atoms with Gasteiger partial charge in [0.2, 0.25) is 10.0 Å². The molecule has 31 heavy (non-hydrogen) atoms. The first-order valence-corrected chi connectivity index (χ1v) is 11.6. The number of carbonyl (C=O) groups is 2. The predicted molar refractivity (Wildman–Crippen MR) is 110 cm³/mol. The summed E-state index contributed by atoms with van der Waals surface area (Å²) >= 11 is 0. The van der Waals surface area contributed by atoms with Crippen LogP contribution < -0.4 is 0 Å². The highest BCUT2D eigenvalue weighted by molar-refractivity contribution is 7.89. The lowest BCUT2D eigenvalue weighted by Gasteiger charge is -2.21. The normalized spacial score (nSPS) is 20.5. The van der Waals surface area contributed by atoms with Crippen molar-refractivity contribution in [1.82, 2.24) is 4.31 Å². The van der Waals surface area contributed by atoms with Crippen molar-refractivity contribution in [2.75, 3.05) is 14.2 Å². The van der Waals surface area contributed by atoms with Crippen molar-refractivity contribution < 1.29 is 31.9 Å². The van der Waals surface area contributed by atoms with E-state index in [4.69, 9.17) is 13.9 Å². The van der Waals surface area contributed by atoms with Crippen molar-refractivity contribution in [2.24, 2.45) is 5.92 Å². The third kappa shape index (κ3) is 4.38. The Hall–Kier alpha value is -2.65. The Labute approximate surface area is 181 Å². The van der Waals surface area contributed by atoms with Crippen LogP contribution in [-0.4, -0.2) is 44.9 Å². The molecule has 2 aromatic rings. The molecular weight excluding hydrogens is 422 g/mol. The van der Waals surface area contributed by atoms with Crippen LogP contribution in [0.15, 0.2) is 39.6 Å². The molecule has 1 aromatic heterocycles. The van der Waals surface area contributed by atoms with Crippen LogP contribution in [0.25, 0.3) is 0 Å². The largest absolute Gasteiger partial charge is 0.465 e. The first-order valence-electron chi connectivity index (χ1n) is 10.2. The summed E-state index contributed by atoms with van der Waals surface area (Å²) in [6, 6.07) is 7.28. The molecule has 0 saturated heterocycles. The van der Waals surface area contributed by atoms with Crippen LogP contribution in [0, 0.1) is 5.92 Å². The molecule has 2 aliphatic carbocycles. The molecule has 2 saturated carbocycles. The fourth-order valence-electron chi connectivity index (χ4n) is 3.68. The number of methoxy groups -OCH3 is 2. The van der Waals surface area contributed by atoms with Gasteiger partial charge < -0.3 is 13.9 Å². The Morgan fingerprint density at radius 2 is 1.65 bits per heavy atom. The van der Waals surface area contributed by atoms with Gasteiger partial charge in [0.05, 0.1) is 36.8 Å². The monoisotopic (exact) mass is 447 g/mol. The maximum atomic E-state index is 13.5. The summed E-state index contributed by atoms with van der Waals surface area (Å²) in [6.45, 7) is 2.24. The number of sulfonamides is 1. The van der Waals surface area contributed by atoms with Crippen LogP contribution in [-0.2, 0) is 26.0 Å². The van der Waals surface area contributed by atoms with Crippen molar-refractivity contribution in [2.45, 2.75) is 49.6 Å². The average molecular weight is 448 g/mol. The summed E-state index contributed by atoms with van der Waals surface area (Å²) in [6.07, 6.45) is 2.56. The van der Waals surface area contributed by atoms with Crippen LogP contribution in [0.5, 0.6) is 0 Å². The van der Waals surface area contributed by atoms with E-state index in [9.17, 15) is 18.0 Å². The molecule has 0 radical (unpaired) electrons. The van der Waals surface area contributed by atoms with E-state index in [1.165, 1.54) is 36.7 Å². The average Bonchev–Trinajstić information content (AvgIpc) is 3.69. The first-order chi connectivity index (χ1) is 14.7. The number of ether oxygens (including phenoxy) is 2. The smallest absolute Gasteiger partial charge is 0.337 e. The highest BCUT2D eigenvalue weighted by atomic mass is 32.2. The Bertz CT molecular complexity index is 1080. The van der Waals surface area contributed by atoms with Gasteiger partial charge in [0.1, 0.15) is 11.5 Å². The Balaban J connectivity index is 1.68. The summed E-state index contributed by atoms with van der Waals surface area (Å²) in [4.78, 5) is 24.0. The second-order valence-electron chi connectivity index (χ2n) is 8.13. The molecule has 4 rings (SSSR count). The number of nitrogens with zero attached hydrogens (tertiary/aromatic N) is 1. The lowest BCUT2D eigenvalue weighted by Crippen LogP contribution is -2.33. The minimum absolute atomic E-state index is 0.0391. The van der Waals surface area contributed by atoms with Crippen LogP contribution in [0.3, 0.4) is 0 Å². The van der Waals surface area contributed by atoms with E-state index >= 15 is 0 Å². The maximum Gasteiger partial charge on any atom is 0.337 e. The van der Waals surface area contributed by atoms with E-state index in [2.05, 4.69) is 6.92 Å². The fraction of sp³-hybridized carbons (Fsp3) is 0.455. The Morgan fingerprint density at radius 1 is 1.06 bits per heavy atom. The number of hydrogen-bond donors (Lipinski definition) is 0. The van der Waals surface area contributed by atoms with Gasteiger partial charge in [-0.1, -0.05) is 6.92 Å². The minimum atomic E-state index is -4.01. The molecule has 1 aromatic carbocycles. The molecule has 2 fully saturated rings. The van der Waals surface area contributed by atoms with Gasteiger partial charge in [0.15, 0.2) is 0 Å². The van der Waals surface area contributed by atoms with Crippen molar-refractivity contribution in [3.05, 3.63) is 53.0 Å². The molecule has 2 aliphatic rings. The van der Waals surface area contributed by atoms with Crippen LogP contribution in [0.2, 0.25) is 0 Å². The number of hydrogen-bond acceptors (Lipinski definition) is 7. The van der Waals surface area contributed by atoms with E-state index in [-0.39, 0.29) is 28.6 Å². The fourth-order valence-corrected chi connectivity index (χ4v) is 5.40. The lowest BCUT2D eigenvalue weighted by atomic mass is 10.1. The Kier molecular flexibility index (Phi) is 5.65. The second kappa shape index (κ2) is 8.12. The quantitative estimate of drug-likeness (QED) is 0.572. The molecule has 0 aliphatic heterocycles. The van der Waals surface area contributed by atoms with Gasteiger partial charge in [-0.15, -0.1) is 0 Å². The molecule has 0 N–H and O–H groups in total. The maximum absolute atomic E-state index is 13.5. The molecule has 0 bridgehead atoms. The Morgan fingerprint density at radius 3 is 2.13 bits per heavy atom. The van der Waals surface area contributed by atoms with Crippen LogP contribution in [0.1, 0.15) is 64.3 Å². The summed E-state index contributed by atoms with van der Waals surface area (Å²) in [5, 5.41) is 0. The van der Waals surface area contributed by atoms with Crippen LogP contribution >= 0.6 is 0 Å². The number of rotatable bonds is 8. The van der Waals surface area contributed by atoms with Gasteiger partial charge in [0, 0.05) is 12.0 Å². The van der Waals surface area contributed by atoms with E-state index < -0.39 is 22.0 Å². The number of benzene rings is 1. The molecule has 9 heteroatoms. The van der Waals surface area contributed by atoms with Crippen molar-refractivity contribution >= 4 is 22.0 Å². The van der Waals surface area contributed by atoms with Crippen molar-refractivity contribution in [3.63, 3.8) is 0 Å². The molecule has 0 spiro atoms. The molecule has 2 unspecified atom stereocenters. The zero-order valence-corrected chi connectivity index (χ0v) is 18.5. The van der Waals surface area contributed by atoms with Crippen molar-refractivity contribution in [1.29, 1.82) is 0 Å². The zero-order valence-electron chi connectivity index (χ0n) is 17.7. The number of carbonyl (C=O) groups excluding carboxylic acids is 2. The van der Waals surface area contributed by atoms with Crippen molar-refractivity contribution in [3.8, 4) is 0 Å². The molecule has 1 heterocycles. The van der Waals surface area contributed by atoms with E-state index in [1.807, 2.05) is 12.1 Å². The van der Waals surface area contributed by atoms with Gasteiger partial charge in [-0.05, 0) is 55.5 Å². The highest BCUT2D eigenvalue weighted by Gasteiger charge is 2.40. The third-order valence-corrected chi connectivity index (χ3v) is 7.65. The minimum Gasteiger partial charge on any atom is -0.465 e. The summed E-state index contributed by atoms with van der Waals surface area (Å²) in [5.41, 5.74) is -0.0783. The molecule has 2 atom stereocenters. The molecule has 0 amide bonds. The zero-order chi connectivity index (χ0) is 22.3. The number of esters is 2. The molecule has 166 valence electrons. The summed E-state index contributed by atoms with van der Waals surface area (Å²) in [7, 11) is -1.64. The lowest BCUT2D eigenvalue weighted by molar-refractivity contribution is 0.0598. The van der Waals surface area contributed by atoms with Crippen LogP contribution in [0.4, 0.5) is 0 Å². The topological polar surface area (TPSA) is 103 Å². The third-order valence-electron chi connectivity index (χ3n) is 5.78. The molecular formula is C22H25NO7S. The van der Waals surface area contributed by atoms with E-state index in [0.29, 0.717) is 17.6 Å². The van der Waals surface area contributed by atoms with E-state index in [0.717, 1.165) is 25.0 Å². The van der Waals surface area contributed by atoms with E-state index in [1.54, 1.807) is 0 Å². The number of furan rings is 1. The van der Waals surface area contributed by atoms with Gasteiger partial charge >= 0.3 is 11.9 Å². The summed E-state index contributed by atoms with van der Waals surface area (Å²) < 4.78 is 43.8. The second-order valence-corrected chi connectivity index (χ2v) is 10.0. The van der Waals surface area contributed by atoms with Gasteiger partial charge in [0.25, 0.3) is 0 Å². The van der Waals surface area contributed by atoms with Gasteiger partial charge in [-0.25, -0.2) is 18.0 Å². The molecule has 8 nitrogen and oxygen atoms in total. The SMILES string of the molecule is COC(=O)c1cc(C(=O)OC)cc(S(=O)(=O)N(Cc2ccc(C3CC3C)o2)C2CC2)c1.